The number of hydrogen-bond acceptors (Lipinski definition) is 6. The van der Waals surface area contributed by atoms with Crippen LogP contribution in [0.4, 0.5) is 8.78 Å². The normalized spacial score (nSPS) is 19.8. The van der Waals surface area contributed by atoms with E-state index in [2.05, 4.69) is 25.2 Å². The predicted molar refractivity (Wildman–Crippen MR) is 116 cm³/mol. The van der Waals surface area contributed by atoms with Crippen LogP contribution >= 0.6 is 11.3 Å². The maximum absolute atomic E-state index is 14.3. The van der Waals surface area contributed by atoms with E-state index in [1.54, 1.807) is 6.07 Å². The number of carbonyl (C=O) groups is 1. The van der Waals surface area contributed by atoms with Gasteiger partial charge in [0.1, 0.15) is 10.6 Å². The lowest BCUT2D eigenvalue weighted by Crippen LogP contribution is -2.58. The van der Waals surface area contributed by atoms with Crippen LogP contribution in [0.15, 0.2) is 18.5 Å². The van der Waals surface area contributed by atoms with Crippen molar-refractivity contribution in [3.63, 3.8) is 0 Å². The first-order valence-electron chi connectivity index (χ1n) is 11.1. The fourth-order valence-electron chi connectivity index (χ4n) is 4.78. The third-order valence-corrected chi connectivity index (χ3v) is 7.45. The lowest BCUT2D eigenvalue weighted by molar-refractivity contribution is 0.0121. The maximum atomic E-state index is 14.3. The molecule has 1 aliphatic heterocycles. The summed E-state index contributed by atoms with van der Waals surface area (Å²) in [7, 11) is 0. The van der Waals surface area contributed by atoms with E-state index in [1.165, 1.54) is 38.1 Å². The highest BCUT2D eigenvalue weighted by atomic mass is 32.1. The van der Waals surface area contributed by atoms with E-state index in [0.717, 1.165) is 57.0 Å². The van der Waals surface area contributed by atoms with Crippen LogP contribution in [0, 0.1) is 0 Å². The number of carbonyl (C=O) groups excluding carboxylic acids is 1. The summed E-state index contributed by atoms with van der Waals surface area (Å²) in [4.78, 5) is 27.8. The van der Waals surface area contributed by atoms with Gasteiger partial charge >= 0.3 is 0 Å². The van der Waals surface area contributed by atoms with Crippen molar-refractivity contribution >= 4 is 17.2 Å². The van der Waals surface area contributed by atoms with Gasteiger partial charge in [0.2, 0.25) is 0 Å². The largest absolute Gasteiger partial charge is 0.349 e. The Morgan fingerprint density at radius 3 is 2.42 bits per heavy atom. The molecule has 9 heteroatoms. The molecule has 168 valence electrons. The van der Waals surface area contributed by atoms with Crippen LogP contribution in [0.5, 0.6) is 0 Å². The van der Waals surface area contributed by atoms with Gasteiger partial charge in [0.25, 0.3) is 11.8 Å². The number of thiazole rings is 1. The minimum absolute atomic E-state index is 0.0560. The third-order valence-electron chi connectivity index (χ3n) is 6.40. The molecule has 6 nitrogen and oxygen atoms in total. The minimum atomic E-state index is -3.23. The van der Waals surface area contributed by atoms with Crippen LogP contribution in [0.25, 0.3) is 10.8 Å². The first kappa shape index (κ1) is 22.2. The molecule has 0 radical (unpaired) electrons. The first-order chi connectivity index (χ1) is 14.9. The number of aromatic nitrogens is 3. The number of nitrogens with one attached hydrogen (secondary N) is 1. The van der Waals surface area contributed by atoms with Gasteiger partial charge in [-0.15, -0.1) is 11.3 Å². The highest BCUT2D eigenvalue weighted by Crippen LogP contribution is 2.37. The fourth-order valence-corrected chi connectivity index (χ4v) is 5.80. The zero-order chi connectivity index (χ0) is 21.9. The van der Waals surface area contributed by atoms with Crippen LogP contribution in [-0.2, 0) is 5.92 Å². The van der Waals surface area contributed by atoms with Crippen LogP contribution < -0.4 is 5.32 Å². The number of halogens is 2. The zero-order valence-electron chi connectivity index (χ0n) is 17.9. The van der Waals surface area contributed by atoms with Gasteiger partial charge in [-0.05, 0) is 44.8 Å². The van der Waals surface area contributed by atoms with Crippen molar-refractivity contribution in [1.82, 2.24) is 25.2 Å². The lowest BCUT2D eigenvalue weighted by atomic mass is 9.79. The summed E-state index contributed by atoms with van der Waals surface area (Å²) in [6, 6.07) is 1.64. The van der Waals surface area contributed by atoms with Gasteiger partial charge < -0.3 is 5.32 Å². The van der Waals surface area contributed by atoms with Crippen molar-refractivity contribution in [3.05, 3.63) is 29.0 Å². The van der Waals surface area contributed by atoms with Gasteiger partial charge in [-0.1, -0.05) is 25.7 Å². The smallest absolute Gasteiger partial charge is 0.288 e. The van der Waals surface area contributed by atoms with Crippen molar-refractivity contribution in [2.75, 3.05) is 19.6 Å². The van der Waals surface area contributed by atoms with E-state index in [9.17, 15) is 13.6 Å². The molecule has 2 fully saturated rings. The van der Waals surface area contributed by atoms with E-state index >= 15 is 0 Å². The molecule has 31 heavy (non-hydrogen) atoms. The number of alkyl halides is 2. The van der Waals surface area contributed by atoms with Gasteiger partial charge in [-0.25, -0.2) is 15.0 Å². The van der Waals surface area contributed by atoms with Crippen molar-refractivity contribution in [2.24, 2.45) is 0 Å². The quantitative estimate of drug-likeness (QED) is 0.696. The number of hydrogen-bond donors (Lipinski definition) is 1. The summed E-state index contributed by atoms with van der Waals surface area (Å²) in [5.41, 5.74) is -0.577. The molecular formula is C22H29F2N5OS. The van der Waals surface area contributed by atoms with E-state index in [4.69, 9.17) is 0 Å². The third kappa shape index (κ3) is 4.92. The predicted octanol–water partition coefficient (Wildman–Crippen LogP) is 4.63. The van der Waals surface area contributed by atoms with Crippen LogP contribution in [0.3, 0.4) is 0 Å². The molecule has 0 bridgehead atoms. The van der Waals surface area contributed by atoms with Gasteiger partial charge in [-0.3, -0.25) is 9.69 Å². The Balaban J connectivity index is 1.56. The topological polar surface area (TPSA) is 71.0 Å². The standard InChI is InChI=1S/C22H29F2N5OS/c1-21(23,24)17-16(31-20(28-17)18-25-11-8-12-26-18)19(30)27-15-22(9-4-2-5-10-22)29-13-6-3-7-14-29/h8,11-12H,2-7,9-10,13-15H2,1H3,(H,27,30). The molecule has 4 rings (SSSR count). The molecule has 0 spiro atoms. The summed E-state index contributed by atoms with van der Waals surface area (Å²) in [6.45, 7) is 3.34. The molecule has 2 aromatic heterocycles. The summed E-state index contributed by atoms with van der Waals surface area (Å²) in [5.74, 6) is -3.47. The first-order valence-corrected chi connectivity index (χ1v) is 11.9. The maximum Gasteiger partial charge on any atom is 0.288 e. The molecule has 2 aliphatic rings. The highest BCUT2D eigenvalue weighted by molar-refractivity contribution is 7.17. The Morgan fingerprint density at radius 2 is 1.77 bits per heavy atom. The van der Waals surface area contributed by atoms with Crippen molar-refractivity contribution in [2.45, 2.75) is 69.8 Å². The minimum Gasteiger partial charge on any atom is -0.349 e. The molecule has 3 heterocycles. The molecule has 1 saturated heterocycles. The van der Waals surface area contributed by atoms with Crippen LogP contribution in [0.2, 0.25) is 0 Å². The molecule has 0 atom stereocenters. The van der Waals surface area contributed by atoms with Gasteiger partial charge in [0.05, 0.1) is 0 Å². The number of rotatable bonds is 6. The number of nitrogens with zero attached hydrogens (tertiary/aromatic N) is 4. The van der Waals surface area contributed by atoms with E-state index in [0.29, 0.717) is 6.54 Å². The lowest BCUT2D eigenvalue weighted by Gasteiger charge is -2.48. The molecule has 1 saturated carbocycles. The van der Waals surface area contributed by atoms with E-state index < -0.39 is 17.5 Å². The molecule has 1 N–H and O–H groups in total. The van der Waals surface area contributed by atoms with Crippen molar-refractivity contribution in [3.8, 4) is 10.8 Å². The summed E-state index contributed by atoms with van der Waals surface area (Å²) in [6.07, 6.45) is 12.2. The average molecular weight is 450 g/mol. The Bertz CT molecular complexity index is 887. The van der Waals surface area contributed by atoms with E-state index in [-0.39, 0.29) is 21.2 Å². The fraction of sp³-hybridized carbons (Fsp3) is 0.636. The summed E-state index contributed by atoms with van der Waals surface area (Å²) >= 11 is 0.927. The monoisotopic (exact) mass is 449 g/mol. The number of amides is 1. The Morgan fingerprint density at radius 1 is 1.13 bits per heavy atom. The highest BCUT2D eigenvalue weighted by Gasteiger charge is 2.40. The average Bonchev–Trinajstić information content (AvgIpc) is 3.26. The Labute approximate surface area is 185 Å². The molecule has 1 amide bonds. The number of likely N-dealkylation sites (tertiary alicyclic amines) is 1. The van der Waals surface area contributed by atoms with Crippen molar-refractivity contribution < 1.29 is 13.6 Å². The SMILES string of the molecule is CC(F)(F)c1nc(-c2ncccn2)sc1C(=O)NCC1(N2CCCCC2)CCCCC1. The Kier molecular flexibility index (Phi) is 6.62. The molecular weight excluding hydrogens is 420 g/mol. The number of piperidine rings is 1. The second kappa shape index (κ2) is 9.24. The van der Waals surface area contributed by atoms with Gasteiger partial charge in [0.15, 0.2) is 10.8 Å². The van der Waals surface area contributed by atoms with Crippen LogP contribution in [0.1, 0.15) is 73.7 Å². The summed E-state index contributed by atoms with van der Waals surface area (Å²) in [5, 5.41) is 3.23. The second-order valence-electron chi connectivity index (χ2n) is 8.67. The summed E-state index contributed by atoms with van der Waals surface area (Å²) < 4.78 is 28.6. The van der Waals surface area contributed by atoms with E-state index in [1.807, 2.05) is 0 Å². The zero-order valence-corrected chi connectivity index (χ0v) is 18.7. The molecule has 0 unspecified atom stereocenters. The second-order valence-corrected chi connectivity index (χ2v) is 9.67. The Hall–Kier alpha value is -2.00. The molecule has 0 aromatic carbocycles. The van der Waals surface area contributed by atoms with Crippen molar-refractivity contribution in [1.29, 1.82) is 0 Å². The van der Waals surface area contributed by atoms with Gasteiger partial charge in [-0.2, -0.15) is 8.78 Å². The molecule has 2 aromatic rings. The van der Waals surface area contributed by atoms with Gasteiger partial charge in [0, 0.05) is 31.4 Å². The van der Waals surface area contributed by atoms with Crippen LogP contribution in [-0.4, -0.2) is 50.9 Å². The molecule has 1 aliphatic carbocycles.